The molecule has 4 aliphatic carbocycles. The van der Waals surface area contributed by atoms with Crippen LogP contribution in [0.5, 0.6) is 0 Å². The summed E-state index contributed by atoms with van der Waals surface area (Å²) < 4.78 is 15.1. The molecular formula is C21H27FO4. The minimum absolute atomic E-state index is 0.0322. The first-order chi connectivity index (χ1) is 12.2. The van der Waals surface area contributed by atoms with Gasteiger partial charge in [-0.2, -0.15) is 0 Å². The van der Waals surface area contributed by atoms with Crippen LogP contribution in [0.3, 0.4) is 0 Å². The van der Waals surface area contributed by atoms with Gasteiger partial charge in [-0.15, -0.1) is 0 Å². The van der Waals surface area contributed by atoms with E-state index < -0.39 is 29.7 Å². The van der Waals surface area contributed by atoms with Crippen molar-refractivity contribution < 1.29 is 24.2 Å². The summed E-state index contributed by atoms with van der Waals surface area (Å²) in [5, 5.41) is 20.4. The molecule has 3 fully saturated rings. The van der Waals surface area contributed by atoms with Crippen molar-refractivity contribution in [2.75, 3.05) is 6.61 Å². The van der Waals surface area contributed by atoms with Gasteiger partial charge in [-0.3, -0.25) is 9.59 Å². The number of aliphatic hydroxyl groups is 2. The van der Waals surface area contributed by atoms with Crippen molar-refractivity contribution in [1.29, 1.82) is 0 Å². The van der Waals surface area contributed by atoms with Gasteiger partial charge in [0.1, 0.15) is 12.8 Å². The Bertz CT molecular complexity index is 713. The summed E-state index contributed by atoms with van der Waals surface area (Å²) >= 11 is 0. The summed E-state index contributed by atoms with van der Waals surface area (Å²) in [5.74, 6) is -0.647. The van der Waals surface area contributed by atoms with Crippen molar-refractivity contribution in [2.45, 2.75) is 51.8 Å². The van der Waals surface area contributed by atoms with Crippen LogP contribution in [0.1, 0.15) is 39.5 Å². The van der Waals surface area contributed by atoms with E-state index >= 15 is 4.39 Å². The molecule has 4 nitrogen and oxygen atoms in total. The average molecular weight is 362 g/mol. The van der Waals surface area contributed by atoms with E-state index in [4.69, 9.17) is 0 Å². The molecule has 0 aliphatic heterocycles. The number of fused-ring (bicyclic) bond motifs is 5. The fourth-order valence-corrected chi connectivity index (χ4v) is 6.97. The van der Waals surface area contributed by atoms with Gasteiger partial charge in [0.15, 0.2) is 11.6 Å². The molecule has 2 N–H and O–H groups in total. The van der Waals surface area contributed by atoms with Crippen LogP contribution < -0.4 is 0 Å². The van der Waals surface area contributed by atoms with E-state index in [-0.39, 0.29) is 35.2 Å². The zero-order chi connectivity index (χ0) is 18.9. The molecular weight excluding hydrogens is 335 g/mol. The summed E-state index contributed by atoms with van der Waals surface area (Å²) in [6, 6.07) is 0. The van der Waals surface area contributed by atoms with Crippen LogP contribution in [0.4, 0.5) is 4.39 Å². The lowest BCUT2D eigenvalue weighted by atomic mass is 9.46. The van der Waals surface area contributed by atoms with E-state index in [0.717, 1.165) is 6.42 Å². The van der Waals surface area contributed by atoms with Crippen molar-refractivity contribution in [3.63, 3.8) is 0 Å². The van der Waals surface area contributed by atoms with Crippen LogP contribution in [0.2, 0.25) is 0 Å². The number of hydrogen-bond acceptors (Lipinski definition) is 4. The maximum atomic E-state index is 15.1. The minimum atomic E-state index is -1.20. The Balaban J connectivity index is 1.75. The highest BCUT2D eigenvalue weighted by atomic mass is 19.1. The number of allylic oxidation sites excluding steroid dienone is 4. The molecule has 26 heavy (non-hydrogen) atoms. The number of Topliss-reactive ketones (excluding diaryl/α,β-unsaturated/α-hetero) is 1. The maximum Gasteiger partial charge on any atom is 0.178 e. The van der Waals surface area contributed by atoms with Gasteiger partial charge < -0.3 is 10.2 Å². The second kappa shape index (κ2) is 5.83. The van der Waals surface area contributed by atoms with Crippen molar-refractivity contribution in [3.05, 3.63) is 23.8 Å². The Hall–Kier alpha value is -1.33. The highest BCUT2D eigenvalue weighted by molar-refractivity contribution is 6.01. The first-order valence-electron chi connectivity index (χ1n) is 9.63. The molecule has 3 saturated carbocycles. The van der Waals surface area contributed by atoms with Crippen LogP contribution >= 0.6 is 0 Å². The molecule has 0 saturated heterocycles. The predicted molar refractivity (Wildman–Crippen MR) is 93.9 cm³/mol. The second-order valence-electron chi connectivity index (χ2n) is 9.15. The second-order valence-corrected chi connectivity index (χ2v) is 9.15. The Kier molecular flexibility index (Phi) is 4.05. The first kappa shape index (κ1) is 18.1. The number of hydrogen-bond donors (Lipinski definition) is 2. The third kappa shape index (κ3) is 2.26. The first-order valence-corrected chi connectivity index (χ1v) is 9.63. The molecule has 0 radical (unpaired) electrons. The van der Waals surface area contributed by atoms with Gasteiger partial charge in [0.25, 0.3) is 0 Å². The van der Waals surface area contributed by atoms with Crippen LogP contribution in [0.25, 0.3) is 0 Å². The Morgan fingerprint density at radius 1 is 1.35 bits per heavy atom. The van der Waals surface area contributed by atoms with E-state index in [9.17, 15) is 19.8 Å². The molecule has 0 amide bonds. The Morgan fingerprint density at radius 2 is 2.08 bits per heavy atom. The molecule has 5 heteroatoms. The van der Waals surface area contributed by atoms with Crippen molar-refractivity contribution in [3.8, 4) is 0 Å². The van der Waals surface area contributed by atoms with Crippen LogP contribution in [0, 0.1) is 34.5 Å². The third-order valence-corrected chi connectivity index (χ3v) is 8.02. The normalized spacial score (nSPS) is 49.9. The summed E-state index contributed by atoms with van der Waals surface area (Å²) in [7, 11) is 0. The average Bonchev–Trinajstić information content (AvgIpc) is 2.92. The number of aliphatic hydroxyl groups excluding tert-OH is 2. The molecule has 0 spiro atoms. The summed E-state index contributed by atoms with van der Waals surface area (Å²) in [6.07, 6.45) is 5.13. The van der Waals surface area contributed by atoms with Crippen LogP contribution in [0.15, 0.2) is 23.8 Å². The predicted octanol–water partition coefficient (Wildman–Crippen LogP) is 2.39. The van der Waals surface area contributed by atoms with E-state index in [1.165, 1.54) is 12.2 Å². The number of carbonyl (C=O) groups excluding carboxylic acids is 2. The smallest absolute Gasteiger partial charge is 0.178 e. The van der Waals surface area contributed by atoms with Gasteiger partial charge in [-0.1, -0.05) is 19.9 Å². The lowest BCUT2D eigenvalue weighted by molar-refractivity contribution is -0.143. The number of rotatable bonds is 2. The Labute approximate surface area is 153 Å². The van der Waals surface area contributed by atoms with Gasteiger partial charge in [-0.05, 0) is 60.7 Å². The standard InChI is InChI=1S/C21H27FO4/c1-20-6-5-11(24)7-15(20)16(22)8-12-13-3-4-14(18(26)10-23)21(13,2)9-17(25)19(12)20/h5-7,12-14,16-17,19,23,25H,3-4,8-10H2,1-2H3/t12-,13-,14+,16-,17-,19+,20-,21-/m0/s1. The zero-order valence-corrected chi connectivity index (χ0v) is 15.3. The van der Waals surface area contributed by atoms with Crippen LogP contribution in [-0.2, 0) is 9.59 Å². The van der Waals surface area contributed by atoms with Crippen LogP contribution in [-0.4, -0.2) is 40.7 Å². The molecule has 4 rings (SSSR count). The molecule has 0 aromatic heterocycles. The molecule has 8 atom stereocenters. The lowest BCUT2D eigenvalue weighted by Gasteiger charge is -2.59. The largest absolute Gasteiger partial charge is 0.393 e. The highest BCUT2D eigenvalue weighted by Gasteiger charge is 2.63. The summed E-state index contributed by atoms with van der Waals surface area (Å²) in [4.78, 5) is 24.0. The monoisotopic (exact) mass is 362 g/mol. The lowest BCUT2D eigenvalue weighted by Crippen LogP contribution is -2.58. The number of carbonyl (C=O) groups is 2. The van der Waals surface area contributed by atoms with Crippen molar-refractivity contribution in [2.24, 2.45) is 34.5 Å². The van der Waals surface area contributed by atoms with Crippen molar-refractivity contribution in [1.82, 2.24) is 0 Å². The van der Waals surface area contributed by atoms with Crippen molar-refractivity contribution >= 4 is 11.6 Å². The van der Waals surface area contributed by atoms with Gasteiger partial charge in [0, 0.05) is 17.3 Å². The molecule has 4 aliphatic rings. The molecule has 0 bridgehead atoms. The molecule has 0 unspecified atom stereocenters. The molecule has 142 valence electrons. The van der Waals surface area contributed by atoms with E-state index in [1.807, 2.05) is 13.8 Å². The third-order valence-electron chi connectivity index (χ3n) is 8.02. The SMILES string of the molecule is C[C@]12C[C@H](O)[C@H]3[C@@H](C[C@H](F)C4=CC(=O)C=C[C@@]43C)[C@@H]1CC[C@@H]2C(=O)CO. The fraction of sp³-hybridized carbons (Fsp3) is 0.714. The van der Waals surface area contributed by atoms with Gasteiger partial charge in [0.2, 0.25) is 0 Å². The molecule has 0 aromatic carbocycles. The maximum absolute atomic E-state index is 15.1. The fourth-order valence-electron chi connectivity index (χ4n) is 6.97. The van der Waals surface area contributed by atoms with E-state index in [1.54, 1.807) is 6.08 Å². The number of alkyl halides is 1. The minimum Gasteiger partial charge on any atom is -0.393 e. The van der Waals surface area contributed by atoms with E-state index in [2.05, 4.69) is 0 Å². The quantitative estimate of drug-likeness (QED) is 0.791. The number of halogens is 1. The highest BCUT2D eigenvalue weighted by Crippen LogP contribution is 2.66. The van der Waals surface area contributed by atoms with E-state index in [0.29, 0.717) is 24.8 Å². The number of ketones is 2. The molecule has 0 heterocycles. The van der Waals surface area contributed by atoms with Gasteiger partial charge >= 0.3 is 0 Å². The molecule has 0 aromatic rings. The topological polar surface area (TPSA) is 74.6 Å². The van der Waals surface area contributed by atoms with Gasteiger partial charge in [-0.25, -0.2) is 4.39 Å². The van der Waals surface area contributed by atoms with Gasteiger partial charge in [0.05, 0.1) is 6.10 Å². The summed E-state index contributed by atoms with van der Waals surface area (Å²) in [5.41, 5.74) is -0.558. The zero-order valence-electron chi connectivity index (χ0n) is 15.3. The Morgan fingerprint density at radius 3 is 2.77 bits per heavy atom. The summed E-state index contributed by atoms with van der Waals surface area (Å²) in [6.45, 7) is 3.49.